The Kier molecular flexibility index (Phi) is 6.53. The topological polar surface area (TPSA) is 8.17 Å². The van der Waals surface area contributed by atoms with Crippen LogP contribution in [0.4, 0.5) is 17.1 Å². The standard InChI is InChI=1S/C48H32N2/c1-2-13-33(14-3-1)41-19-6-9-22-46(41)49(38-27-30-40-35(31-38)26-29-42-39-18-5-4-15-34(39)25-28-43(40)42)36-16-12-17-37(32-36)50-47-23-10-7-20-44(47)45-21-8-11-24-48(45)50/h1-32H. The van der Waals surface area contributed by atoms with Crippen molar-refractivity contribution in [3.8, 4) is 16.8 Å². The summed E-state index contributed by atoms with van der Waals surface area (Å²) in [6, 6.07) is 70.5. The lowest BCUT2D eigenvalue weighted by Gasteiger charge is -2.29. The van der Waals surface area contributed by atoms with E-state index in [2.05, 4.69) is 204 Å². The monoisotopic (exact) mass is 636 g/mol. The Hall–Kier alpha value is -6.64. The quantitative estimate of drug-likeness (QED) is 0.171. The SMILES string of the molecule is c1ccc(-c2ccccc2N(c2cccc(-n3c4ccccc4c4ccccc43)c2)c2ccc3c(ccc4c5ccccc5ccc34)c2)cc1. The van der Waals surface area contributed by atoms with E-state index in [1.54, 1.807) is 0 Å². The molecule has 0 amide bonds. The Balaban J connectivity index is 1.21. The second-order valence-corrected chi connectivity index (χ2v) is 13.0. The average Bonchev–Trinajstić information content (AvgIpc) is 3.53. The Morgan fingerprint density at radius 1 is 0.340 bits per heavy atom. The lowest BCUT2D eigenvalue weighted by atomic mass is 9.96. The second kappa shape index (κ2) is 11.5. The van der Waals surface area contributed by atoms with Crippen LogP contribution in [0.5, 0.6) is 0 Å². The van der Waals surface area contributed by atoms with Gasteiger partial charge in [-0.3, -0.25) is 0 Å². The number of hydrogen-bond donors (Lipinski definition) is 0. The van der Waals surface area contributed by atoms with Crippen molar-refractivity contribution in [3.05, 3.63) is 194 Å². The maximum Gasteiger partial charge on any atom is 0.0541 e. The van der Waals surface area contributed by atoms with E-state index in [0.29, 0.717) is 0 Å². The third-order valence-electron chi connectivity index (χ3n) is 10.1. The molecule has 0 radical (unpaired) electrons. The minimum atomic E-state index is 1.10. The first-order chi connectivity index (χ1) is 24.8. The molecule has 0 bridgehead atoms. The molecule has 0 atom stereocenters. The molecule has 50 heavy (non-hydrogen) atoms. The molecule has 0 unspecified atom stereocenters. The van der Waals surface area contributed by atoms with Gasteiger partial charge < -0.3 is 9.47 Å². The molecule has 0 aliphatic heterocycles. The van der Waals surface area contributed by atoms with Gasteiger partial charge in [-0.05, 0) is 86.4 Å². The van der Waals surface area contributed by atoms with Crippen LogP contribution in [0.15, 0.2) is 194 Å². The molecule has 0 spiro atoms. The van der Waals surface area contributed by atoms with Crippen LogP contribution >= 0.6 is 0 Å². The number of benzene rings is 9. The fourth-order valence-electron chi connectivity index (χ4n) is 7.89. The summed E-state index contributed by atoms with van der Waals surface area (Å²) < 4.78 is 2.40. The molecule has 10 aromatic rings. The van der Waals surface area contributed by atoms with Crippen molar-refractivity contribution in [2.75, 3.05) is 4.90 Å². The average molecular weight is 637 g/mol. The van der Waals surface area contributed by atoms with Gasteiger partial charge in [0.15, 0.2) is 0 Å². The van der Waals surface area contributed by atoms with Crippen LogP contribution in [0, 0.1) is 0 Å². The lowest BCUT2D eigenvalue weighted by Crippen LogP contribution is -2.12. The minimum Gasteiger partial charge on any atom is -0.310 e. The van der Waals surface area contributed by atoms with Crippen LogP contribution in [0.1, 0.15) is 0 Å². The van der Waals surface area contributed by atoms with E-state index >= 15 is 0 Å². The van der Waals surface area contributed by atoms with Gasteiger partial charge >= 0.3 is 0 Å². The number of para-hydroxylation sites is 3. The fraction of sp³-hybridized carbons (Fsp3) is 0. The van der Waals surface area contributed by atoms with Crippen molar-refractivity contribution in [3.63, 3.8) is 0 Å². The molecule has 10 rings (SSSR count). The highest BCUT2D eigenvalue weighted by molar-refractivity contribution is 6.17. The molecule has 0 saturated heterocycles. The van der Waals surface area contributed by atoms with E-state index in [4.69, 9.17) is 0 Å². The van der Waals surface area contributed by atoms with Gasteiger partial charge in [0.05, 0.1) is 16.7 Å². The highest BCUT2D eigenvalue weighted by Crippen LogP contribution is 2.43. The molecule has 0 N–H and O–H groups in total. The zero-order valence-electron chi connectivity index (χ0n) is 27.4. The maximum atomic E-state index is 2.42. The van der Waals surface area contributed by atoms with E-state index in [0.717, 1.165) is 22.7 Å². The summed E-state index contributed by atoms with van der Waals surface area (Å²) in [7, 11) is 0. The van der Waals surface area contributed by atoms with E-state index < -0.39 is 0 Å². The molecule has 0 aliphatic carbocycles. The van der Waals surface area contributed by atoms with Crippen LogP contribution in [-0.4, -0.2) is 4.57 Å². The number of rotatable bonds is 5. The molecule has 0 saturated carbocycles. The third-order valence-corrected chi connectivity index (χ3v) is 10.1. The van der Waals surface area contributed by atoms with Crippen LogP contribution < -0.4 is 4.90 Å². The number of hydrogen-bond acceptors (Lipinski definition) is 1. The van der Waals surface area contributed by atoms with Crippen molar-refractivity contribution < 1.29 is 0 Å². The lowest BCUT2D eigenvalue weighted by molar-refractivity contribution is 1.17. The summed E-state index contributed by atoms with van der Waals surface area (Å²) in [4.78, 5) is 2.42. The van der Waals surface area contributed by atoms with Gasteiger partial charge in [0.1, 0.15) is 0 Å². The number of fused-ring (bicyclic) bond motifs is 8. The van der Waals surface area contributed by atoms with Crippen molar-refractivity contribution in [1.82, 2.24) is 4.57 Å². The van der Waals surface area contributed by atoms with E-state index in [1.807, 2.05) is 0 Å². The molecule has 9 aromatic carbocycles. The van der Waals surface area contributed by atoms with Crippen LogP contribution in [-0.2, 0) is 0 Å². The summed E-state index contributed by atoms with van der Waals surface area (Å²) in [5.74, 6) is 0. The van der Waals surface area contributed by atoms with Crippen LogP contribution in [0.2, 0.25) is 0 Å². The molecule has 1 aromatic heterocycles. The Labute approximate surface area is 290 Å². The largest absolute Gasteiger partial charge is 0.310 e. The predicted molar refractivity (Wildman–Crippen MR) is 213 cm³/mol. The van der Waals surface area contributed by atoms with E-state index in [-0.39, 0.29) is 0 Å². The Bertz CT molecular complexity index is 2830. The van der Waals surface area contributed by atoms with Gasteiger partial charge in [0.2, 0.25) is 0 Å². The Morgan fingerprint density at radius 2 is 0.920 bits per heavy atom. The smallest absolute Gasteiger partial charge is 0.0541 e. The van der Waals surface area contributed by atoms with Gasteiger partial charge in [-0.1, -0.05) is 146 Å². The van der Waals surface area contributed by atoms with Gasteiger partial charge in [0.25, 0.3) is 0 Å². The second-order valence-electron chi connectivity index (χ2n) is 13.0. The summed E-state index contributed by atoms with van der Waals surface area (Å²) in [6.45, 7) is 0. The summed E-state index contributed by atoms with van der Waals surface area (Å²) in [5.41, 5.74) is 9.23. The Morgan fingerprint density at radius 3 is 1.70 bits per heavy atom. The number of anilines is 3. The number of nitrogens with zero attached hydrogens (tertiary/aromatic N) is 2. The maximum absolute atomic E-state index is 2.42. The molecular formula is C48H32N2. The molecule has 2 nitrogen and oxygen atoms in total. The first-order valence-corrected chi connectivity index (χ1v) is 17.2. The van der Waals surface area contributed by atoms with Crippen molar-refractivity contribution in [1.29, 1.82) is 0 Å². The fourth-order valence-corrected chi connectivity index (χ4v) is 7.89. The van der Waals surface area contributed by atoms with Crippen molar-refractivity contribution >= 4 is 71.2 Å². The summed E-state index contributed by atoms with van der Waals surface area (Å²) in [6.07, 6.45) is 0. The normalized spacial score (nSPS) is 11.6. The highest BCUT2D eigenvalue weighted by atomic mass is 15.1. The van der Waals surface area contributed by atoms with Crippen molar-refractivity contribution in [2.24, 2.45) is 0 Å². The number of aromatic nitrogens is 1. The predicted octanol–water partition coefficient (Wildman–Crippen LogP) is 13.4. The minimum absolute atomic E-state index is 1.10. The molecule has 0 aliphatic rings. The molecule has 2 heteroatoms. The van der Waals surface area contributed by atoms with Gasteiger partial charge in [-0.2, -0.15) is 0 Å². The van der Waals surface area contributed by atoms with E-state index in [9.17, 15) is 0 Å². The van der Waals surface area contributed by atoms with Crippen LogP contribution in [0.3, 0.4) is 0 Å². The van der Waals surface area contributed by atoms with Gasteiger partial charge in [-0.15, -0.1) is 0 Å². The first kappa shape index (κ1) is 28.4. The zero-order chi connectivity index (χ0) is 33.0. The highest BCUT2D eigenvalue weighted by Gasteiger charge is 2.19. The van der Waals surface area contributed by atoms with Gasteiger partial charge in [-0.25, -0.2) is 0 Å². The summed E-state index contributed by atoms with van der Waals surface area (Å²) >= 11 is 0. The molecule has 1 heterocycles. The molecule has 0 fully saturated rings. The van der Waals surface area contributed by atoms with Crippen LogP contribution in [0.25, 0.3) is 70.9 Å². The molecular weight excluding hydrogens is 605 g/mol. The first-order valence-electron chi connectivity index (χ1n) is 17.2. The summed E-state index contributed by atoms with van der Waals surface area (Å²) in [5, 5.41) is 10.1. The van der Waals surface area contributed by atoms with Gasteiger partial charge in [0, 0.05) is 33.4 Å². The third kappa shape index (κ3) is 4.50. The van der Waals surface area contributed by atoms with E-state index in [1.165, 1.54) is 65.3 Å². The zero-order valence-corrected chi connectivity index (χ0v) is 27.4. The molecule has 234 valence electrons. The van der Waals surface area contributed by atoms with Crippen molar-refractivity contribution in [2.45, 2.75) is 0 Å².